The van der Waals surface area contributed by atoms with Crippen molar-refractivity contribution < 1.29 is 0 Å². The summed E-state index contributed by atoms with van der Waals surface area (Å²) in [4.78, 5) is 4.46. The van der Waals surface area contributed by atoms with Gasteiger partial charge in [-0.25, -0.2) is 0 Å². The maximum absolute atomic E-state index is 4.46. The fraction of sp³-hybridized carbons (Fsp3) is 0.409. The molecular weight excluding hydrogens is 306 g/mol. The molecule has 1 saturated heterocycles. The first-order chi connectivity index (χ1) is 12.2. The van der Waals surface area contributed by atoms with Crippen LogP contribution >= 0.6 is 0 Å². The monoisotopic (exact) mass is 331 g/mol. The Kier molecular flexibility index (Phi) is 3.46. The number of benzene rings is 1. The lowest BCUT2D eigenvalue weighted by molar-refractivity contribution is 0.495. The zero-order valence-electron chi connectivity index (χ0n) is 15.0. The molecule has 0 unspecified atom stereocenters. The molecule has 128 valence electrons. The third kappa shape index (κ3) is 2.49. The van der Waals surface area contributed by atoms with Gasteiger partial charge < -0.3 is 9.88 Å². The van der Waals surface area contributed by atoms with Crippen molar-refractivity contribution in [1.82, 2.24) is 14.9 Å². The van der Waals surface area contributed by atoms with E-state index in [1.165, 1.54) is 41.3 Å². The van der Waals surface area contributed by atoms with Gasteiger partial charge >= 0.3 is 0 Å². The van der Waals surface area contributed by atoms with Gasteiger partial charge in [0.2, 0.25) is 0 Å². The summed E-state index contributed by atoms with van der Waals surface area (Å²) in [6, 6.07) is 12.5. The number of rotatable bonds is 3. The standard InChI is InChI=1S/C22H25N3/c1-14-3-8-20-18(11-14)22-19-7-6-17(24-19)12-21(22)25(20)10-9-16-5-4-15(2)23-13-16/h3-5,8,11,13,17,19,24H,6-7,9-10,12H2,1-2H3/t17-,19-/m1/s1. The summed E-state index contributed by atoms with van der Waals surface area (Å²) in [5, 5.41) is 5.30. The average Bonchev–Trinajstić information content (AvgIpc) is 3.13. The van der Waals surface area contributed by atoms with Gasteiger partial charge in [-0.2, -0.15) is 0 Å². The first-order valence-electron chi connectivity index (χ1n) is 9.48. The zero-order chi connectivity index (χ0) is 17.0. The van der Waals surface area contributed by atoms with Crippen LogP contribution in [0.2, 0.25) is 0 Å². The second kappa shape index (κ2) is 5.70. The lowest BCUT2D eigenvalue weighted by atomic mass is 9.98. The molecule has 2 aromatic heterocycles. The molecule has 1 fully saturated rings. The molecule has 0 spiro atoms. The Bertz CT molecular complexity index is 936. The molecule has 5 rings (SSSR count). The van der Waals surface area contributed by atoms with Crippen molar-refractivity contribution in [2.75, 3.05) is 0 Å². The average molecular weight is 331 g/mol. The first-order valence-corrected chi connectivity index (χ1v) is 9.48. The van der Waals surface area contributed by atoms with Crippen LogP contribution in [0.25, 0.3) is 10.9 Å². The van der Waals surface area contributed by atoms with Crippen LogP contribution in [-0.4, -0.2) is 15.6 Å². The molecule has 0 aliphatic carbocycles. The largest absolute Gasteiger partial charge is 0.344 e. The second-order valence-corrected chi connectivity index (χ2v) is 7.79. The van der Waals surface area contributed by atoms with Crippen molar-refractivity contribution >= 4 is 10.9 Å². The van der Waals surface area contributed by atoms with Crippen LogP contribution in [0.5, 0.6) is 0 Å². The Morgan fingerprint density at radius 1 is 1.16 bits per heavy atom. The molecule has 3 nitrogen and oxygen atoms in total. The minimum atomic E-state index is 0.556. The quantitative estimate of drug-likeness (QED) is 0.778. The molecule has 2 aliphatic heterocycles. The molecule has 0 amide bonds. The number of aromatic nitrogens is 2. The number of hydrogen-bond acceptors (Lipinski definition) is 2. The fourth-order valence-electron chi connectivity index (χ4n) is 4.74. The maximum Gasteiger partial charge on any atom is 0.0486 e. The number of nitrogens with zero attached hydrogens (tertiary/aromatic N) is 2. The number of fused-ring (bicyclic) bond motifs is 6. The fourth-order valence-corrected chi connectivity index (χ4v) is 4.74. The number of pyridine rings is 1. The van der Waals surface area contributed by atoms with E-state index < -0.39 is 0 Å². The minimum absolute atomic E-state index is 0.556. The molecule has 0 saturated carbocycles. The van der Waals surface area contributed by atoms with E-state index in [-0.39, 0.29) is 0 Å². The lowest BCUT2D eigenvalue weighted by Gasteiger charge is -2.24. The first kappa shape index (κ1) is 15.2. The van der Waals surface area contributed by atoms with E-state index in [0.29, 0.717) is 12.1 Å². The van der Waals surface area contributed by atoms with Crippen molar-refractivity contribution in [1.29, 1.82) is 0 Å². The van der Waals surface area contributed by atoms with E-state index in [4.69, 9.17) is 0 Å². The smallest absolute Gasteiger partial charge is 0.0486 e. The van der Waals surface area contributed by atoms with Gasteiger partial charge in [-0.05, 0) is 62.4 Å². The predicted octanol–water partition coefficient (Wildman–Crippen LogP) is 4.25. The van der Waals surface area contributed by atoms with E-state index in [9.17, 15) is 0 Å². The summed E-state index contributed by atoms with van der Waals surface area (Å²) in [7, 11) is 0. The van der Waals surface area contributed by atoms with Crippen LogP contribution < -0.4 is 5.32 Å². The Morgan fingerprint density at radius 2 is 2.08 bits per heavy atom. The molecule has 2 bridgehead atoms. The normalized spacial score (nSPS) is 21.7. The summed E-state index contributed by atoms with van der Waals surface area (Å²) in [5.74, 6) is 0. The zero-order valence-corrected chi connectivity index (χ0v) is 15.0. The van der Waals surface area contributed by atoms with Crippen molar-refractivity contribution in [2.45, 2.75) is 58.2 Å². The molecule has 2 atom stereocenters. The third-order valence-corrected chi connectivity index (χ3v) is 6.00. The van der Waals surface area contributed by atoms with Gasteiger partial charge in [0.15, 0.2) is 0 Å². The van der Waals surface area contributed by atoms with Crippen LogP contribution in [0, 0.1) is 13.8 Å². The van der Waals surface area contributed by atoms with Gasteiger partial charge in [0.25, 0.3) is 0 Å². The highest BCUT2D eigenvalue weighted by Crippen LogP contribution is 2.42. The summed E-state index contributed by atoms with van der Waals surface area (Å²) < 4.78 is 2.59. The predicted molar refractivity (Wildman–Crippen MR) is 102 cm³/mol. The van der Waals surface area contributed by atoms with Gasteiger partial charge in [-0.15, -0.1) is 0 Å². The molecular formula is C22H25N3. The molecule has 1 aromatic carbocycles. The molecule has 1 N–H and O–H groups in total. The number of aryl methyl sites for hydroxylation is 4. The van der Waals surface area contributed by atoms with Crippen molar-refractivity contribution in [3.05, 3.63) is 64.6 Å². The Labute approximate surface area is 149 Å². The van der Waals surface area contributed by atoms with Crippen LogP contribution in [0.15, 0.2) is 36.5 Å². The number of nitrogens with one attached hydrogen (secondary N) is 1. The molecule has 4 heterocycles. The van der Waals surface area contributed by atoms with Gasteiger partial charge in [0.1, 0.15) is 0 Å². The Balaban J connectivity index is 1.58. The van der Waals surface area contributed by atoms with Crippen LogP contribution in [0.1, 0.15) is 47.0 Å². The van der Waals surface area contributed by atoms with Gasteiger partial charge in [0.05, 0.1) is 0 Å². The summed E-state index contributed by atoms with van der Waals surface area (Å²) >= 11 is 0. The molecule has 0 radical (unpaired) electrons. The van der Waals surface area contributed by atoms with Gasteiger partial charge in [0, 0.05) is 53.5 Å². The highest BCUT2D eigenvalue weighted by atomic mass is 15.1. The Morgan fingerprint density at radius 3 is 2.92 bits per heavy atom. The summed E-state index contributed by atoms with van der Waals surface area (Å²) in [5.41, 5.74) is 8.33. The van der Waals surface area contributed by atoms with E-state index in [2.05, 4.69) is 52.1 Å². The van der Waals surface area contributed by atoms with Crippen molar-refractivity contribution in [3.8, 4) is 0 Å². The van der Waals surface area contributed by atoms with Crippen LogP contribution in [-0.2, 0) is 19.4 Å². The molecule has 2 aliphatic rings. The SMILES string of the molecule is Cc1ccc2c(c1)c1c(n2CCc2ccc(C)nc2)C[C@H]2CC[C@H]1N2. The molecule has 3 aromatic rings. The topological polar surface area (TPSA) is 29.9 Å². The van der Waals surface area contributed by atoms with Gasteiger partial charge in [-0.1, -0.05) is 17.7 Å². The third-order valence-electron chi connectivity index (χ3n) is 6.00. The highest BCUT2D eigenvalue weighted by Gasteiger charge is 2.36. The van der Waals surface area contributed by atoms with Crippen LogP contribution in [0.4, 0.5) is 0 Å². The van der Waals surface area contributed by atoms with E-state index in [1.54, 1.807) is 11.3 Å². The van der Waals surface area contributed by atoms with Crippen molar-refractivity contribution in [3.63, 3.8) is 0 Å². The Hall–Kier alpha value is -2.13. The number of hydrogen-bond donors (Lipinski definition) is 1. The lowest BCUT2D eigenvalue weighted by Crippen LogP contribution is -2.32. The summed E-state index contributed by atoms with van der Waals surface area (Å²) in [6.45, 7) is 5.29. The molecule has 25 heavy (non-hydrogen) atoms. The highest BCUT2D eigenvalue weighted by molar-refractivity contribution is 5.87. The van der Waals surface area contributed by atoms with E-state index in [0.717, 1.165) is 18.7 Å². The second-order valence-electron chi connectivity index (χ2n) is 7.79. The van der Waals surface area contributed by atoms with Crippen molar-refractivity contribution in [2.24, 2.45) is 0 Å². The van der Waals surface area contributed by atoms with E-state index >= 15 is 0 Å². The van der Waals surface area contributed by atoms with Crippen LogP contribution in [0.3, 0.4) is 0 Å². The maximum atomic E-state index is 4.46. The minimum Gasteiger partial charge on any atom is -0.344 e. The van der Waals surface area contributed by atoms with E-state index in [1.807, 2.05) is 13.1 Å². The molecule has 3 heteroatoms. The summed E-state index contributed by atoms with van der Waals surface area (Å²) in [6.07, 6.45) is 6.84. The van der Waals surface area contributed by atoms with Gasteiger partial charge in [-0.3, -0.25) is 4.98 Å².